The number of anilines is 1. The number of carbonyl (C=O) groups excluding carboxylic acids is 2. The van der Waals surface area contributed by atoms with E-state index in [9.17, 15) is 22.8 Å². The normalized spacial score (nSPS) is 12.8. The lowest BCUT2D eigenvalue weighted by Crippen LogP contribution is -2.35. The average molecular weight is 402 g/mol. The standard InChI is InChI=1S/C18H15ClF3NO4/c1-9(17(24)23-14-8-7-13(20)15(21)16(14)22)27-18(25)10(2)26-12-5-3-11(19)4-6-12/h3-10H,1-2H3,(H,23,24)/t9-,10-/m0/s1. The zero-order chi connectivity index (χ0) is 20.1. The van der Waals surface area contributed by atoms with Gasteiger partial charge >= 0.3 is 5.97 Å². The van der Waals surface area contributed by atoms with Crippen LogP contribution < -0.4 is 10.1 Å². The first-order chi connectivity index (χ1) is 12.7. The van der Waals surface area contributed by atoms with E-state index in [2.05, 4.69) is 0 Å². The lowest BCUT2D eigenvalue weighted by atomic mass is 10.2. The SMILES string of the molecule is C[C@H](OC(=O)[C@H](C)Oc1ccc(Cl)cc1)C(=O)Nc1ccc(F)c(F)c1F. The van der Waals surface area contributed by atoms with Gasteiger partial charge in [0.05, 0.1) is 5.69 Å². The van der Waals surface area contributed by atoms with Gasteiger partial charge in [-0.15, -0.1) is 0 Å². The van der Waals surface area contributed by atoms with Crippen LogP contribution in [-0.2, 0) is 14.3 Å². The smallest absolute Gasteiger partial charge is 0.347 e. The number of rotatable bonds is 6. The van der Waals surface area contributed by atoms with Crippen LogP contribution in [0.2, 0.25) is 5.02 Å². The van der Waals surface area contributed by atoms with Crippen LogP contribution in [0, 0.1) is 17.5 Å². The molecule has 0 saturated carbocycles. The van der Waals surface area contributed by atoms with E-state index in [0.717, 1.165) is 6.07 Å². The van der Waals surface area contributed by atoms with Crippen molar-refractivity contribution in [3.05, 3.63) is 58.9 Å². The number of hydrogen-bond donors (Lipinski definition) is 1. The molecule has 144 valence electrons. The van der Waals surface area contributed by atoms with E-state index in [1.807, 2.05) is 5.32 Å². The summed E-state index contributed by atoms with van der Waals surface area (Å²) in [5.41, 5.74) is -0.577. The molecule has 2 aromatic rings. The highest BCUT2D eigenvalue weighted by Gasteiger charge is 2.24. The first-order valence-corrected chi connectivity index (χ1v) is 8.14. The molecule has 2 rings (SSSR count). The first kappa shape index (κ1) is 20.6. The fourth-order valence-corrected chi connectivity index (χ4v) is 2.07. The summed E-state index contributed by atoms with van der Waals surface area (Å²) in [6.07, 6.45) is -2.37. The maximum absolute atomic E-state index is 13.6. The van der Waals surface area contributed by atoms with E-state index in [4.69, 9.17) is 21.1 Å². The van der Waals surface area contributed by atoms with Crippen molar-refractivity contribution in [3.63, 3.8) is 0 Å². The second kappa shape index (κ2) is 8.77. The molecule has 0 fully saturated rings. The number of carbonyl (C=O) groups is 2. The van der Waals surface area contributed by atoms with Crippen LogP contribution in [-0.4, -0.2) is 24.1 Å². The van der Waals surface area contributed by atoms with Crippen molar-refractivity contribution in [3.8, 4) is 5.75 Å². The Morgan fingerprint density at radius 1 is 0.963 bits per heavy atom. The summed E-state index contributed by atoms with van der Waals surface area (Å²) in [5, 5.41) is 2.52. The van der Waals surface area contributed by atoms with Gasteiger partial charge in [0.1, 0.15) is 5.75 Å². The van der Waals surface area contributed by atoms with Gasteiger partial charge in [-0.2, -0.15) is 0 Å². The third-order valence-corrected chi connectivity index (χ3v) is 3.67. The molecule has 1 amide bonds. The van der Waals surface area contributed by atoms with Crippen molar-refractivity contribution in [2.75, 3.05) is 5.32 Å². The summed E-state index contributed by atoms with van der Waals surface area (Å²) >= 11 is 5.75. The highest BCUT2D eigenvalue weighted by molar-refractivity contribution is 6.30. The van der Waals surface area contributed by atoms with Gasteiger partial charge in [0.25, 0.3) is 5.91 Å². The topological polar surface area (TPSA) is 64.6 Å². The lowest BCUT2D eigenvalue weighted by molar-refractivity contribution is -0.159. The zero-order valence-electron chi connectivity index (χ0n) is 14.3. The van der Waals surface area contributed by atoms with Gasteiger partial charge in [0, 0.05) is 5.02 Å². The van der Waals surface area contributed by atoms with Gasteiger partial charge < -0.3 is 14.8 Å². The number of ether oxygens (including phenoxy) is 2. The Labute approximate surface area is 158 Å². The van der Waals surface area contributed by atoms with Crippen molar-refractivity contribution >= 4 is 29.2 Å². The molecule has 2 aromatic carbocycles. The molecular formula is C18H15ClF3NO4. The van der Waals surface area contributed by atoms with Gasteiger partial charge in [-0.05, 0) is 50.2 Å². The fraction of sp³-hybridized carbons (Fsp3) is 0.222. The Hall–Kier alpha value is -2.74. The average Bonchev–Trinajstić information content (AvgIpc) is 2.63. The van der Waals surface area contributed by atoms with Crippen LogP contribution in [0.3, 0.4) is 0 Å². The molecule has 2 atom stereocenters. The van der Waals surface area contributed by atoms with E-state index in [1.165, 1.54) is 13.8 Å². The van der Waals surface area contributed by atoms with E-state index in [1.54, 1.807) is 24.3 Å². The largest absolute Gasteiger partial charge is 0.479 e. The van der Waals surface area contributed by atoms with E-state index in [-0.39, 0.29) is 0 Å². The van der Waals surface area contributed by atoms with Crippen molar-refractivity contribution < 1.29 is 32.2 Å². The predicted molar refractivity (Wildman–Crippen MR) is 92.0 cm³/mol. The molecule has 0 heterocycles. The molecule has 0 spiro atoms. The highest BCUT2D eigenvalue weighted by atomic mass is 35.5. The van der Waals surface area contributed by atoms with Gasteiger partial charge in [0.15, 0.2) is 29.7 Å². The van der Waals surface area contributed by atoms with Gasteiger partial charge in [-0.1, -0.05) is 11.6 Å². The number of benzene rings is 2. The second-order valence-electron chi connectivity index (χ2n) is 5.51. The summed E-state index contributed by atoms with van der Waals surface area (Å²) in [6.45, 7) is 2.65. The minimum absolute atomic E-state index is 0.366. The summed E-state index contributed by atoms with van der Waals surface area (Å²) in [7, 11) is 0. The zero-order valence-corrected chi connectivity index (χ0v) is 15.0. The number of esters is 1. The van der Waals surface area contributed by atoms with E-state index < -0.39 is 47.2 Å². The molecule has 0 aliphatic heterocycles. The molecule has 27 heavy (non-hydrogen) atoms. The van der Waals surface area contributed by atoms with Crippen LogP contribution in [0.15, 0.2) is 36.4 Å². The summed E-state index contributed by atoms with van der Waals surface area (Å²) in [5.74, 6) is -6.07. The van der Waals surface area contributed by atoms with Gasteiger partial charge in [0.2, 0.25) is 0 Å². The summed E-state index contributed by atoms with van der Waals surface area (Å²) < 4.78 is 50.0. The molecule has 5 nitrogen and oxygen atoms in total. The molecule has 0 aromatic heterocycles. The predicted octanol–water partition coefficient (Wildman–Crippen LogP) is 4.10. The highest BCUT2D eigenvalue weighted by Crippen LogP contribution is 2.20. The molecule has 9 heteroatoms. The third-order valence-electron chi connectivity index (χ3n) is 3.41. The fourth-order valence-electron chi connectivity index (χ4n) is 1.95. The number of nitrogens with one attached hydrogen (secondary N) is 1. The van der Waals surface area contributed by atoms with Gasteiger partial charge in [-0.25, -0.2) is 18.0 Å². The Kier molecular flexibility index (Phi) is 6.68. The minimum Gasteiger partial charge on any atom is -0.479 e. The van der Waals surface area contributed by atoms with Crippen LogP contribution in [0.5, 0.6) is 5.75 Å². The molecule has 0 saturated heterocycles. The minimum atomic E-state index is -1.72. The second-order valence-corrected chi connectivity index (χ2v) is 5.94. The number of hydrogen-bond acceptors (Lipinski definition) is 4. The maximum atomic E-state index is 13.6. The first-order valence-electron chi connectivity index (χ1n) is 7.76. The third kappa shape index (κ3) is 5.37. The van der Waals surface area contributed by atoms with Crippen molar-refractivity contribution in [1.82, 2.24) is 0 Å². The molecular weight excluding hydrogens is 387 g/mol. The van der Waals surface area contributed by atoms with Crippen LogP contribution in [0.4, 0.5) is 18.9 Å². The molecule has 0 aliphatic rings. The number of amides is 1. The molecule has 0 unspecified atom stereocenters. The van der Waals surface area contributed by atoms with Gasteiger partial charge in [-0.3, -0.25) is 4.79 Å². The Morgan fingerprint density at radius 2 is 1.59 bits per heavy atom. The molecule has 0 radical (unpaired) electrons. The lowest BCUT2D eigenvalue weighted by Gasteiger charge is -2.18. The Balaban J connectivity index is 1.94. The Morgan fingerprint density at radius 3 is 2.22 bits per heavy atom. The summed E-state index contributed by atoms with van der Waals surface area (Å²) in [4.78, 5) is 24.0. The monoisotopic (exact) mass is 401 g/mol. The number of halogens is 4. The van der Waals surface area contributed by atoms with Crippen molar-refractivity contribution in [2.45, 2.75) is 26.1 Å². The quantitative estimate of drug-likeness (QED) is 0.585. The maximum Gasteiger partial charge on any atom is 0.347 e. The summed E-state index contributed by atoms with van der Waals surface area (Å²) in [6, 6.07) is 7.75. The molecule has 0 aliphatic carbocycles. The molecule has 1 N–H and O–H groups in total. The van der Waals surface area contributed by atoms with Crippen LogP contribution in [0.25, 0.3) is 0 Å². The van der Waals surface area contributed by atoms with Crippen LogP contribution in [0.1, 0.15) is 13.8 Å². The van der Waals surface area contributed by atoms with E-state index in [0.29, 0.717) is 16.8 Å². The molecule has 0 bridgehead atoms. The van der Waals surface area contributed by atoms with Crippen LogP contribution >= 0.6 is 11.6 Å². The van der Waals surface area contributed by atoms with E-state index >= 15 is 0 Å². The van der Waals surface area contributed by atoms with Crippen molar-refractivity contribution in [2.24, 2.45) is 0 Å². The van der Waals surface area contributed by atoms with Crippen molar-refractivity contribution in [1.29, 1.82) is 0 Å². The Bertz CT molecular complexity index is 845.